The number of hydrogen-bond acceptors (Lipinski definition) is 2. The highest BCUT2D eigenvalue weighted by atomic mass is 16.5. The maximum absolute atomic E-state index is 5.64. The Kier molecular flexibility index (Phi) is 2.44. The molecule has 1 aliphatic rings. The normalized spacial score (nSPS) is 13.9. The largest absolute Gasteiger partial charge is 0.491 e. The van der Waals surface area contributed by atoms with E-state index in [4.69, 9.17) is 4.74 Å². The monoisotopic (exact) mass is 191 g/mol. The number of fused-ring (bicyclic) bond motifs is 1. The van der Waals surface area contributed by atoms with Crippen LogP contribution in [0.5, 0.6) is 5.75 Å². The van der Waals surface area contributed by atoms with Crippen molar-refractivity contribution in [2.75, 3.05) is 6.61 Å². The van der Waals surface area contributed by atoms with Crippen molar-refractivity contribution in [1.29, 1.82) is 0 Å². The molecule has 0 atom stereocenters. The summed E-state index contributed by atoms with van der Waals surface area (Å²) in [5.41, 5.74) is 5.11. The van der Waals surface area contributed by atoms with Crippen LogP contribution in [0, 0.1) is 6.92 Å². The molecule has 0 aliphatic carbocycles. The molecule has 1 aliphatic heterocycles. The van der Waals surface area contributed by atoms with E-state index in [9.17, 15) is 0 Å². The van der Waals surface area contributed by atoms with Crippen LogP contribution in [0.3, 0.4) is 0 Å². The van der Waals surface area contributed by atoms with Crippen LogP contribution in [0.2, 0.25) is 0 Å². The van der Waals surface area contributed by atoms with Crippen molar-refractivity contribution in [3.05, 3.63) is 22.5 Å². The van der Waals surface area contributed by atoms with Gasteiger partial charge in [-0.1, -0.05) is 13.8 Å². The van der Waals surface area contributed by atoms with Gasteiger partial charge in [0.1, 0.15) is 5.75 Å². The SMILES string of the molecule is CCc1nc2c(c(CC)c1C)OCC2. The molecule has 0 saturated carbocycles. The molecule has 76 valence electrons. The Morgan fingerprint density at radius 1 is 1.29 bits per heavy atom. The third-order valence-electron chi connectivity index (χ3n) is 2.97. The predicted molar refractivity (Wildman–Crippen MR) is 56.9 cm³/mol. The van der Waals surface area contributed by atoms with E-state index in [1.54, 1.807) is 0 Å². The van der Waals surface area contributed by atoms with E-state index in [2.05, 4.69) is 25.8 Å². The van der Waals surface area contributed by atoms with Gasteiger partial charge in [-0.25, -0.2) is 0 Å². The minimum Gasteiger partial charge on any atom is -0.491 e. The van der Waals surface area contributed by atoms with Crippen molar-refractivity contribution < 1.29 is 4.74 Å². The van der Waals surface area contributed by atoms with Gasteiger partial charge >= 0.3 is 0 Å². The summed E-state index contributed by atoms with van der Waals surface area (Å²) >= 11 is 0. The molecule has 0 spiro atoms. The summed E-state index contributed by atoms with van der Waals surface area (Å²) < 4.78 is 5.64. The molecule has 1 aromatic heterocycles. The van der Waals surface area contributed by atoms with Crippen LogP contribution in [-0.2, 0) is 19.3 Å². The summed E-state index contributed by atoms with van der Waals surface area (Å²) in [5, 5.41) is 0. The highest BCUT2D eigenvalue weighted by Crippen LogP contribution is 2.32. The molecule has 1 aromatic rings. The van der Waals surface area contributed by atoms with E-state index >= 15 is 0 Å². The van der Waals surface area contributed by atoms with E-state index < -0.39 is 0 Å². The van der Waals surface area contributed by atoms with E-state index in [0.29, 0.717) is 0 Å². The second-order valence-corrected chi connectivity index (χ2v) is 3.74. The Morgan fingerprint density at radius 3 is 2.71 bits per heavy atom. The van der Waals surface area contributed by atoms with Crippen LogP contribution in [0.1, 0.15) is 36.4 Å². The Morgan fingerprint density at radius 2 is 2.07 bits per heavy atom. The Balaban J connectivity index is 2.60. The standard InChI is InChI=1S/C12H17NO/c1-4-9-8(3)10(5-2)13-11-6-7-14-12(9)11/h4-7H2,1-3H3. The zero-order valence-electron chi connectivity index (χ0n) is 9.18. The maximum atomic E-state index is 5.64. The summed E-state index contributed by atoms with van der Waals surface area (Å²) in [6, 6.07) is 0. The number of rotatable bonds is 2. The summed E-state index contributed by atoms with van der Waals surface area (Å²) in [4.78, 5) is 4.65. The summed E-state index contributed by atoms with van der Waals surface area (Å²) in [6.45, 7) is 7.31. The lowest BCUT2D eigenvalue weighted by molar-refractivity contribution is 0.353. The highest BCUT2D eigenvalue weighted by Gasteiger charge is 2.20. The number of hydrogen-bond donors (Lipinski definition) is 0. The zero-order chi connectivity index (χ0) is 10.1. The minimum atomic E-state index is 0.807. The molecule has 2 heteroatoms. The average molecular weight is 191 g/mol. The molecular formula is C12H17NO. The highest BCUT2D eigenvalue weighted by molar-refractivity contribution is 5.46. The smallest absolute Gasteiger partial charge is 0.144 e. The molecule has 2 rings (SSSR count). The van der Waals surface area contributed by atoms with E-state index in [1.807, 2.05) is 0 Å². The number of aromatic nitrogens is 1. The second-order valence-electron chi connectivity index (χ2n) is 3.74. The van der Waals surface area contributed by atoms with Gasteiger partial charge in [0.25, 0.3) is 0 Å². The fourth-order valence-corrected chi connectivity index (χ4v) is 2.18. The van der Waals surface area contributed by atoms with Crippen LogP contribution in [0.25, 0.3) is 0 Å². The van der Waals surface area contributed by atoms with Gasteiger partial charge in [-0.2, -0.15) is 0 Å². The van der Waals surface area contributed by atoms with E-state index in [0.717, 1.165) is 31.6 Å². The van der Waals surface area contributed by atoms with E-state index in [-0.39, 0.29) is 0 Å². The molecule has 0 amide bonds. The molecule has 2 heterocycles. The first-order chi connectivity index (χ1) is 6.77. The zero-order valence-corrected chi connectivity index (χ0v) is 9.18. The van der Waals surface area contributed by atoms with Crippen molar-refractivity contribution in [2.45, 2.75) is 40.0 Å². The number of pyridine rings is 1. The summed E-state index contributed by atoms with van der Waals surface area (Å²) in [7, 11) is 0. The number of aryl methyl sites for hydroxylation is 1. The molecule has 0 fully saturated rings. The van der Waals surface area contributed by atoms with Crippen LogP contribution >= 0.6 is 0 Å². The first kappa shape index (κ1) is 9.50. The average Bonchev–Trinajstić information content (AvgIpc) is 2.64. The molecule has 2 nitrogen and oxygen atoms in total. The predicted octanol–water partition coefficient (Wildman–Crippen LogP) is 2.45. The van der Waals surface area contributed by atoms with Gasteiger partial charge in [0.2, 0.25) is 0 Å². The van der Waals surface area contributed by atoms with Gasteiger partial charge < -0.3 is 4.74 Å². The Labute approximate surface area is 85.3 Å². The fraction of sp³-hybridized carbons (Fsp3) is 0.583. The van der Waals surface area contributed by atoms with Gasteiger partial charge in [-0.05, 0) is 25.3 Å². The van der Waals surface area contributed by atoms with Crippen molar-refractivity contribution in [3.8, 4) is 5.75 Å². The van der Waals surface area contributed by atoms with Crippen LogP contribution in [0.15, 0.2) is 0 Å². The number of nitrogens with zero attached hydrogens (tertiary/aromatic N) is 1. The molecule has 0 unspecified atom stereocenters. The first-order valence-corrected chi connectivity index (χ1v) is 5.41. The molecule has 14 heavy (non-hydrogen) atoms. The maximum Gasteiger partial charge on any atom is 0.144 e. The Bertz CT molecular complexity index is 357. The van der Waals surface area contributed by atoms with Crippen molar-refractivity contribution in [1.82, 2.24) is 4.98 Å². The quantitative estimate of drug-likeness (QED) is 0.716. The third kappa shape index (κ3) is 1.29. The lowest BCUT2D eigenvalue weighted by atomic mass is 10.0. The molecule has 0 aromatic carbocycles. The molecular weight excluding hydrogens is 174 g/mol. The van der Waals surface area contributed by atoms with Crippen molar-refractivity contribution >= 4 is 0 Å². The number of ether oxygens (including phenoxy) is 1. The minimum absolute atomic E-state index is 0.807. The van der Waals surface area contributed by atoms with Gasteiger partial charge in [0, 0.05) is 17.7 Å². The van der Waals surface area contributed by atoms with Gasteiger partial charge in [-0.3, -0.25) is 4.98 Å². The van der Waals surface area contributed by atoms with Crippen molar-refractivity contribution in [2.24, 2.45) is 0 Å². The van der Waals surface area contributed by atoms with Crippen LogP contribution in [0.4, 0.5) is 0 Å². The summed E-state index contributed by atoms with van der Waals surface area (Å²) in [5.74, 6) is 1.07. The molecule has 0 radical (unpaired) electrons. The van der Waals surface area contributed by atoms with Crippen LogP contribution in [-0.4, -0.2) is 11.6 Å². The lowest BCUT2D eigenvalue weighted by Gasteiger charge is -2.12. The topological polar surface area (TPSA) is 22.1 Å². The summed E-state index contributed by atoms with van der Waals surface area (Å²) in [6.07, 6.45) is 3.05. The van der Waals surface area contributed by atoms with E-state index in [1.165, 1.54) is 22.5 Å². The Hall–Kier alpha value is -1.05. The van der Waals surface area contributed by atoms with Gasteiger partial charge in [0.05, 0.1) is 12.3 Å². The van der Waals surface area contributed by atoms with Gasteiger partial charge in [0.15, 0.2) is 0 Å². The van der Waals surface area contributed by atoms with Crippen molar-refractivity contribution in [3.63, 3.8) is 0 Å². The second kappa shape index (κ2) is 3.60. The molecule has 0 N–H and O–H groups in total. The third-order valence-corrected chi connectivity index (χ3v) is 2.97. The first-order valence-electron chi connectivity index (χ1n) is 5.41. The van der Waals surface area contributed by atoms with Gasteiger partial charge in [-0.15, -0.1) is 0 Å². The molecule has 0 bridgehead atoms. The fourth-order valence-electron chi connectivity index (χ4n) is 2.18. The van der Waals surface area contributed by atoms with Crippen LogP contribution < -0.4 is 4.74 Å². The lowest BCUT2D eigenvalue weighted by Crippen LogP contribution is -2.01. The molecule has 0 saturated heterocycles.